The van der Waals surface area contributed by atoms with Crippen LogP contribution in [0, 0.1) is 0 Å². The van der Waals surface area contributed by atoms with Crippen molar-refractivity contribution in [2.24, 2.45) is 0 Å². The smallest absolute Gasteiger partial charge is 0.163 e. The van der Waals surface area contributed by atoms with E-state index in [0.717, 1.165) is 73.4 Å². The first-order chi connectivity index (χ1) is 35.6. The van der Waals surface area contributed by atoms with Gasteiger partial charge in [-0.3, -0.25) is 4.98 Å². The summed E-state index contributed by atoms with van der Waals surface area (Å²) >= 11 is 0. The van der Waals surface area contributed by atoms with Gasteiger partial charge in [-0.05, 0) is 125 Å². The molecule has 338 valence electrons. The maximum absolute atomic E-state index is 5.22. The molecule has 2 aromatic heterocycles. The summed E-state index contributed by atoms with van der Waals surface area (Å²) in [5, 5.41) is 7.38. The summed E-state index contributed by atoms with van der Waals surface area (Å²) in [6.45, 7) is 0. The number of hydrogen-bond donors (Lipinski definition) is 0. The lowest BCUT2D eigenvalue weighted by atomic mass is 9.92. The highest BCUT2D eigenvalue weighted by Crippen LogP contribution is 2.38. The Hall–Kier alpha value is -9.38. The van der Waals surface area contributed by atoms with Crippen LogP contribution in [0.2, 0.25) is 0 Å². The first kappa shape index (κ1) is 42.7. The predicted octanol–water partition coefficient (Wildman–Crippen LogP) is 17.7. The van der Waals surface area contributed by atoms with Gasteiger partial charge in [0.2, 0.25) is 0 Å². The molecule has 0 N–H and O–H groups in total. The first-order valence-corrected chi connectivity index (χ1v) is 24.6. The molecular weight excluding hydrogens is 873 g/mol. The van der Waals surface area contributed by atoms with Crippen molar-refractivity contribution >= 4 is 32.3 Å². The van der Waals surface area contributed by atoms with Crippen LogP contribution in [0.5, 0.6) is 0 Å². The highest BCUT2D eigenvalue weighted by atomic mass is 15.0. The number of benzene rings is 10. The van der Waals surface area contributed by atoms with Crippen LogP contribution in [0.25, 0.3) is 122 Å². The molecule has 1 atom stereocenters. The van der Waals surface area contributed by atoms with Gasteiger partial charge in [-0.15, -0.1) is 0 Å². The fourth-order valence-electron chi connectivity index (χ4n) is 10.2. The fraction of sp³-hybridized carbons (Fsp3) is 0.0294. The Bertz CT molecular complexity index is 4040. The van der Waals surface area contributed by atoms with Gasteiger partial charge in [0.15, 0.2) is 11.6 Å². The Kier molecular flexibility index (Phi) is 11.0. The van der Waals surface area contributed by atoms with E-state index in [2.05, 4.69) is 231 Å². The van der Waals surface area contributed by atoms with Crippen molar-refractivity contribution in [3.05, 3.63) is 267 Å². The molecule has 0 fully saturated rings. The summed E-state index contributed by atoms with van der Waals surface area (Å²) in [6, 6.07) is 82.7. The molecule has 1 unspecified atom stereocenters. The molecule has 0 amide bonds. The van der Waals surface area contributed by atoms with Crippen LogP contribution in [-0.4, -0.2) is 19.9 Å². The number of nitrogens with zero attached hydrogens (tertiary/aromatic N) is 4. The molecule has 72 heavy (non-hydrogen) atoms. The lowest BCUT2D eigenvalue weighted by Gasteiger charge is -2.16. The van der Waals surface area contributed by atoms with Crippen molar-refractivity contribution in [1.82, 2.24) is 19.9 Å². The van der Waals surface area contributed by atoms with Crippen molar-refractivity contribution in [2.45, 2.75) is 12.3 Å². The standard InChI is InChI=1S/C68H46N4/c1-3-14-51(15-4-1)66-70-67(52-16-5-2-6-17-52)72-68(71-66)60-40-58(39-59(41-60)48-32-36-50(37-33-48)65-43-55-18-7-8-20-57(55)44-69-65)47-28-26-45(27-29-47)53-21-13-22-54(38-53)46-30-34-49(35-31-46)64-42-56-19-9-10-23-61(56)62-24-11-12-25-63(62)64/h1-16,18-44,52H,17H2. The van der Waals surface area contributed by atoms with Gasteiger partial charge in [-0.2, -0.15) is 0 Å². The summed E-state index contributed by atoms with van der Waals surface area (Å²) in [4.78, 5) is 20.3. The van der Waals surface area contributed by atoms with Gasteiger partial charge < -0.3 is 0 Å². The monoisotopic (exact) mass is 918 g/mol. The Morgan fingerprint density at radius 2 is 0.833 bits per heavy atom. The number of aromatic nitrogens is 4. The van der Waals surface area contributed by atoms with Crippen LogP contribution < -0.4 is 0 Å². The zero-order valence-electron chi connectivity index (χ0n) is 39.4. The molecule has 0 saturated heterocycles. The van der Waals surface area contributed by atoms with E-state index in [1.807, 2.05) is 30.5 Å². The van der Waals surface area contributed by atoms with Crippen LogP contribution >= 0.6 is 0 Å². The molecule has 13 rings (SSSR count). The van der Waals surface area contributed by atoms with E-state index in [-0.39, 0.29) is 5.92 Å². The van der Waals surface area contributed by atoms with Crippen LogP contribution in [0.4, 0.5) is 0 Å². The SMILES string of the molecule is C1=CCC(c2nc(-c3ccccc3)nc(-c3cc(-c4ccc(-c5cccc(-c6ccc(-c7cc8ccccc8c8ccccc78)cc6)c5)cc4)cc(-c4ccc(-c5cc6ccccc6cn5)cc4)c3)n2)C=C1. The van der Waals surface area contributed by atoms with Crippen molar-refractivity contribution in [3.63, 3.8) is 0 Å². The van der Waals surface area contributed by atoms with Gasteiger partial charge in [0.25, 0.3) is 0 Å². The molecule has 1 aliphatic carbocycles. The average molecular weight is 919 g/mol. The van der Waals surface area contributed by atoms with E-state index in [9.17, 15) is 0 Å². The minimum absolute atomic E-state index is 0.0553. The quantitative estimate of drug-likeness (QED) is 0.135. The lowest BCUT2D eigenvalue weighted by Crippen LogP contribution is -2.08. The summed E-state index contributed by atoms with van der Waals surface area (Å²) in [7, 11) is 0. The van der Waals surface area contributed by atoms with Crippen molar-refractivity contribution in [1.29, 1.82) is 0 Å². The number of pyridine rings is 1. The molecule has 0 saturated carbocycles. The van der Waals surface area contributed by atoms with Crippen LogP contribution in [0.1, 0.15) is 18.2 Å². The van der Waals surface area contributed by atoms with Gasteiger partial charge in [0, 0.05) is 34.2 Å². The molecule has 12 aromatic rings. The molecule has 0 aliphatic heterocycles. The second-order valence-corrected chi connectivity index (χ2v) is 18.6. The number of allylic oxidation sites excluding steroid dienone is 4. The van der Waals surface area contributed by atoms with Gasteiger partial charge in [0.05, 0.1) is 5.69 Å². The zero-order valence-corrected chi connectivity index (χ0v) is 39.4. The van der Waals surface area contributed by atoms with Crippen LogP contribution in [0.15, 0.2) is 261 Å². The lowest BCUT2D eigenvalue weighted by molar-refractivity contribution is 0.764. The summed E-state index contributed by atoms with van der Waals surface area (Å²) in [5.41, 5.74) is 15.4. The molecule has 1 aliphatic rings. The van der Waals surface area contributed by atoms with Crippen molar-refractivity contribution in [2.75, 3.05) is 0 Å². The third-order valence-electron chi connectivity index (χ3n) is 14.0. The maximum Gasteiger partial charge on any atom is 0.163 e. The molecule has 10 aromatic carbocycles. The third kappa shape index (κ3) is 8.35. The van der Waals surface area contributed by atoms with Crippen molar-refractivity contribution < 1.29 is 0 Å². The third-order valence-corrected chi connectivity index (χ3v) is 14.0. The minimum Gasteiger partial charge on any atom is -0.256 e. The highest BCUT2D eigenvalue weighted by molar-refractivity contribution is 6.13. The molecule has 0 bridgehead atoms. The molecule has 4 heteroatoms. The molecule has 0 radical (unpaired) electrons. The largest absolute Gasteiger partial charge is 0.256 e. The van der Waals surface area contributed by atoms with Gasteiger partial charge in [0.1, 0.15) is 5.82 Å². The topological polar surface area (TPSA) is 51.6 Å². The van der Waals surface area contributed by atoms with E-state index in [1.165, 1.54) is 49.2 Å². The van der Waals surface area contributed by atoms with E-state index in [1.54, 1.807) is 0 Å². The maximum atomic E-state index is 5.22. The normalized spacial score (nSPS) is 13.2. The second-order valence-electron chi connectivity index (χ2n) is 18.6. The molecular formula is C68H46N4. The van der Waals surface area contributed by atoms with E-state index < -0.39 is 0 Å². The number of fused-ring (bicyclic) bond motifs is 4. The fourth-order valence-corrected chi connectivity index (χ4v) is 10.2. The minimum atomic E-state index is 0.0553. The Balaban J connectivity index is 0.852. The average Bonchev–Trinajstić information content (AvgIpc) is 3.47. The van der Waals surface area contributed by atoms with E-state index in [0.29, 0.717) is 11.6 Å². The predicted molar refractivity (Wildman–Crippen MR) is 299 cm³/mol. The number of hydrogen-bond acceptors (Lipinski definition) is 4. The molecule has 0 spiro atoms. The van der Waals surface area contributed by atoms with Crippen LogP contribution in [-0.2, 0) is 0 Å². The second kappa shape index (κ2) is 18.5. The Morgan fingerprint density at radius 1 is 0.319 bits per heavy atom. The first-order valence-electron chi connectivity index (χ1n) is 24.6. The molecule has 4 nitrogen and oxygen atoms in total. The summed E-state index contributed by atoms with van der Waals surface area (Å²) in [6.07, 6.45) is 11.3. The number of rotatable bonds is 9. The Labute approximate surface area is 419 Å². The van der Waals surface area contributed by atoms with Gasteiger partial charge in [-0.25, -0.2) is 15.0 Å². The molecule has 2 heterocycles. The van der Waals surface area contributed by atoms with E-state index in [4.69, 9.17) is 19.9 Å². The van der Waals surface area contributed by atoms with E-state index >= 15 is 0 Å². The van der Waals surface area contributed by atoms with Crippen LogP contribution in [0.3, 0.4) is 0 Å². The van der Waals surface area contributed by atoms with Gasteiger partial charge in [-0.1, -0.05) is 218 Å². The van der Waals surface area contributed by atoms with Crippen molar-refractivity contribution in [3.8, 4) is 89.7 Å². The Morgan fingerprint density at radius 3 is 1.50 bits per heavy atom. The summed E-state index contributed by atoms with van der Waals surface area (Å²) in [5.74, 6) is 2.13. The summed E-state index contributed by atoms with van der Waals surface area (Å²) < 4.78 is 0. The zero-order chi connectivity index (χ0) is 47.8. The highest BCUT2D eigenvalue weighted by Gasteiger charge is 2.19. The van der Waals surface area contributed by atoms with Gasteiger partial charge >= 0.3 is 0 Å².